The van der Waals surface area contributed by atoms with Crippen LogP contribution in [0.3, 0.4) is 0 Å². The van der Waals surface area contributed by atoms with Crippen molar-refractivity contribution in [2.24, 2.45) is 7.05 Å². The third kappa shape index (κ3) is 2.21. The Labute approximate surface area is 93.5 Å². The van der Waals surface area contributed by atoms with Crippen LogP contribution in [-0.2, 0) is 13.7 Å². The van der Waals surface area contributed by atoms with Gasteiger partial charge < -0.3 is 4.74 Å². The Bertz CT molecular complexity index is 474. The van der Waals surface area contributed by atoms with Crippen molar-refractivity contribution < 1.29 is 9.13 Å². The number of hydrogen-bond donors (Lipinski definition) is 0. The Morgan fingerprint density at radius 1 is 1.44 bits per heavy atom. The van der Waals surface area contributed by atoms with Crippen LogP contribution >= 0.6 is 0 Å². The van der Waals surface area contributed by atoms with Crippen LogP contribution in [0.2, 0.25) is 0 Å². The number of halogens is 1. The van der Waals surface area contributed by atoms with E-state index in [-0.39, 0.29) is 5.82 Å². The molecule has 0 N–H and O–H groups in total. The third-order valence-electron chi connectivity index (χ3n) is 2.32. The predicted octanol–water partition coefficient (Wildman–Crippen LogP) is 2.45. The Kier molecular flexibility index (Phi) is 2.90. The van der Waals surface area contributed by atoms with Crippen LogP contribution in [0, 0.1) is 12.7 Å². The summed E-state index contributed by atoms with van der Waals surface area (Å²) < 4.78 is 20.2. The van der Waals surface area contributed by atoms with E-state index in [1.165, 1.54) is 12.1 Å². The van der Waals surface area contributed by atoms with E-state index in [0.29, 0.717) is 12.5 Å². The molecule has 16 heavy (non-hydrogen) atoms. The molecule has 1 aromatic carbocycles. The van der Waals surface area contributed by atoms with Gasteiger partial charge in [-0.15, -0.1) is 0 Å². The SMILES string of the molecule is Cc1cnn(C)c1OCc1cccc(F)c1. The van der Waals surface area contributed by atoms with E-state index < -0.39 is 0 Å². The van der Waals surface area contributed by atoms with E-state index >= 15 is 0 Å². The van der Waals surface area contributed by atoms with Gasteiger partial charge >= 0.3 is 0 Å². The zero-order chi connectivity index (χ0) is 11.5. The molecule has 0 amide bonds. The summed E-state index contributed by atoms with van der Waals surface area (Å²) in [5, 5.41) is 4.06. The van der Waals surface area contributed by atoms with E-state index in [4.69, 9.17) is 4.74 Å². The average molecular weight is 220 g/mol. The second kappa shape index (κ2) is 4.35. The molecule has 0 saturated carbocycles. The van der Waals surface area contributed by atoms with Gasteiger partial charge in [-0.2, -0.15) is 5.10 Å². The number of nitrogens with zero attached hydrogens (tertiary/aromatic N) is 2. The fourth-order valence-electron chi connectivity index (χ4n) is 1.52. The Balaban J connectivity index is 2.08. The van der Waals surface area contributed by atoms with E-state index in [9.17, 15) is 4.39 Å². The average Bonchev–Trinajstić information content (AvgIpc) is 2.56. The van der Waals surface area contributed by atoms with Crippen LogP contribution in [0.5, 0.6) is 5.88 Å². The molecule has 0 aliphatic heterocycles. The zero-order valence-electron chi connectivity index (χ0n) is 9.27. The molecule has 1 aromatic heterocycles. The number of aromatic nitrogens is 2. The van der Waals surface area contributed by atoms with Gasteiger partial charge in [-0.1, -0.05) is 12.1 Å². The normalized spacial score (nSPS) is 10.4. The molecule has 0 fully saturated rings. The number of ether oxygens (including phenoxy) is 1. The van der Waals surface area contributed by atoms with Crippen molar-refractivity contribution in [3.8, 4) is 5.88 Å². The molecule has 2 rings (SSSR count). The molecular weight excluding hydrogens is 207 g/mol. The number of benzene rings is 1. The first-order valence-electron chi connectivity index (χ1n) is 5.02. The minimum atomic E-state index is -0.247. The van der Waals surface area contributed by atoms with Crippen LogP contribution in [0.25, 0.3) is 0 Å². The zero-order valence-corrected chi connectivity index (χ0v) is 9.27. The molecule has 84 valence electrons. The van der Waals surface area contributed by atoms with Crippen LogP contribution < -0.4 is 4.74 Å². The van der Waals surface area contributed by atoms with Crippen molar-refractivity contribution in [1.29, 1.82) is 0 Å². The number of hydrogen-bond acceptors (Lipinski definition) is 2. The van der Waals surface area contributed by atoms with Gasteiger partial charge in [-0.25, -0.2) is 9.07 Å². The molecular formula is C12H13FN2O. The summed E-state index contributed by atoms with van der Waals surface area (Å²) in [4.78, 5) is 0. The molecule has 4 heteroatoms. The van der Waals surface area contributed by atoms with Crippen LogP contribution in [-0.4, -0.2) is 9.78 Å². The summed E-state index contributed by atoms with van der Waals surface area (Å²) in [7, 11) is 1.81. The smallest absolute Gasteiger partial charge is 0.214 e. The summed E-state index contributed by atoms with van der Waals surface area (Å²) >= 11 is 0. The Morgan fingerprint density at radius 2 is 2.25 bits per heavy atom. The van der Waals surface area contributed by atoms with Crippen molar-refractivity contribution in [3.63, 3.8) is 0 Å². The molecule has 2 aromatic rings. The quantitative estimate of drug-likeness (QED) is 0.794. The lowest BCUT2D eigenvalue weighted by molar-refractivity contribution is 0.276. The van der Waals surface area contributed by atoms with Crippen molar-refractivity contribution in [1.82, 2.24) is 9.78 Å². The predicted molar refractivity (Wildman–Crippen MR) is 58.7 cm³/mol. The van der Waals surface area contributed by atoms with Crippen LogP contribution in [0.1, 0.15) is 11.1 Å². The molecule has 0 spiro atoms. The highest BCUT2D eigenvalue weighted by molar-refractivity contribution is 5.23. The molecule has 3 nitrogen and oxygen atoms in total. The molecule has 0 unspecified atom stereocenters. The minimum absolute atomic E-state index is 0.247. The summed E-state index contributed by atoms with van der Waals surface area (Å²) in [5.74, 6) is 0.465. The lowest BCUT2D eigenvalue weighted by Gasteiger charge is -2.07. The molecule has 0 atom stereocenters. The molecule has 0 radical (unpaired) electrons. The highest BCUT2D eigenvalue weighted by Crippen LogP contribution is 2.17. The summed E-state index contributed by atoms with van der Waals surface area (Å²) in [6.45, 7) is 2.27. The monoisotopic (exact) mass is 220 g/mol. The third-order valence-corrected chi connectivity index (χ3v) is 2.32. The fourth-order valence-corrected chi connectivity index (χ4v) is 1.52. The maximum atomic E-state index is 12.9. The second-order valence-electron chi connectivity index (χ2n) is 3.67. The van der Waals surface area contributed by atoms with Gasteiger partial charge in [-0.3, -0.25) is 0 Å². The molecule has 0 saturated heterocycles. The van der Waals surface area contributed by atoms with Gasteiger partial charge in [0.2, 0.25) is 5.88 Å². The number of rotatable bonds is 3. The van der Waals surface area contributed by atoms with Gasteiger partial charge in [0, 0.05) is 12.6 Å². The lowest BCUT2D eigenvalue weighted by atomic mass is 10.2. The lowest BCUT2D eigenvalue weighted by Crippen LogP contribution is -2.02. The van der Waals surface area contributed by atoms with E-state index in [0.717, 1.165) is 11.1 Å². The van der Waals surface area contributed by atoms with Gasteiger partial charge in [0.15, 0.2) is 0 Å². The maximum absolute atomic E-state index is 12.9. The highest BCUT2D eigenvalue weighted by Gasteiger charge is 2.05. The molecule has 0 aliphatic rings. The molecule has 0 aliphatic carbocycles. The molecule has 1 heterocycles. The van der Waals surface area contributed by atoms with Crippen molar-refractivity contribution in [2.75, 3.05) is 0 Å². The van der Waals surface area contributed by atoms with E-state index in [1.807, 2.05) is 20.0 Å². The minimum Gasteiger partial charge on any atom is -0.473 e. The van der Waals surface area contributed by atoms with Crippen molar-refractivity contribution in [3.05, 3.63) is 47.4 Å². The number of aryl methyl sites for hydroxylation is 2. The first kappa shape index (κ1) is 10.7. The van der Waals surface area contributed by atoms with Gasteiger partial charge in [0.25, 0.3) is 0 Å². The van der Waals surface area contributed by atoms with Crippen LogP contribution in [0.15, 0.2) is 30.5 Å². The van der Waals surface area contributed by atoms with Crippen molar-refractivity contribution in [2.45, 2.75) is 13.5 Å². The summed E-state index contributed by atoms with van der Waals surface area (Å²) in [6.07, 6.45) is 1.74. The largest absolute Gasteiger partial charge is 0.473 e. The first-order valence-corrected chi connectivity index (χ1v) is 5.02. The highest BCUT2D eigenvalue weighted by atomic mass is 19.1. The second-order valence-corrected chi connectivity index (χ2v) is 3.67. The Hall–Kier alpha value is -1.84. The summed E-state index contributed by atoms with van der Waals surface area (Å²) in [6, 6.07) is 6.38. The van der Waals surface area contributed by atoms with Gasteiger partial charge in [-0.05, 0) is 24.6 Å². The first-order chi connectivity index (χ1) is 7.66. The summed E-state index contributed by atoms with van der Waals surface area (Å²) in [5.41, 5.74) is 1.78. The maximum Gasteiger partial charge on any atom is 0.214 e. The Morgan fingerprint density at radius 3 is 2.88 bits per heavy atom. The van der Waals surface area contributed by atoms with Crippen LogP contribution in [0.4, 0.5) is 4.39 Å². The van der Waals surface area contributed by atoms with Gasteiger partial charge in [0.05, 0.1) is 6.20 Å². The fraction of sp³-hybridized carbons (Fsp3) is 0.250. The van der Waals surface area contributed by atoms with Crippen molar-refractivity contribution >= 4 is 0 Å². The van der Waals surface area contributed by atoms with E-state index in [1.54, 1.807) is 16.9 Å². The standard InChI is InChI=1S/C12H13FN2O/c1-9-7-14-15(2)12(9)16-8-10-4-3-5-11(13)6-10/h3-7H,8H2,1-2H3. The molecule has 0 bridgehead atoms. The topological polar surface area (TPSA) is 27.1 Å². The van der Waals surface area contributed by atoms with Gasteiger partial charge in [0.1, 0.15) is 12.4 Å². The van der Waals surface area contributed by atoms with E-state index in [2.05, 4.69) is 5.10 Å².